The highest BCUT2D eigenvalue weighted by atomic mass is 35.5. The zero-order valence-electron chi connectivity index (χ0n) is 12.2. The van der Waals surface area contributed by atoms with Crippen LogP contribution in [0.4, 0.5) is 5.69 Å². The zero-order chi connectivity index (χ0) is 16.4. The number of hydrogen-bond acceptors (Lipinski definition) is 4. The van der Waals surface area contributed by atoms with Gasteiger partial charge in [0.05, 0.1) is 11.4 Å². The second-order valence-corrected chi connectivity index (χ2v) is 5.42. The summed E-state index contributed by atoms with van der Waals surface area (Å²) < 4.78 is 5.03. The van der Waals surface area contributed by atoms with Crippen LogP contribution in [0, 0.1) is 0 Å². The highest BCUT2D eigenvalue weighted by Crippen LogP contribution is 2.27. The molecular weight excluding hydrogens is 316 g/mol. The molecule has 2 aromatic rings. The van der Waals surface area contributed by atoms with Crippen LogP contribution < -0.4 is 5.32 Å². The molecule has 23 heavy (non-hydrogen) atoms. The van der Waals surface area contributed by atoms with E-state index >= 15 is 0 Å². The number of ether oxygens (including phenoxy) is 1. The van der Waals surface area contributed by atoms with E-state index < -0.39 is 18.1 Å². The van der Waals surface area contributed by atoms with Crippen LogP contribution >= 0.6 is 11.6 Å². The highest BCUT2D eigenvalue weighted by Gasteiger charge is 2.28. The van der Waals surface area contributed by atoms with E-state index in [4.69, 9.17) is 16.3 Å². The van der Waals surface area contributed by atoms with E-state index in [9.17, 15) is 9.59 Å². The molecular formula is C17H13ClN2O3. The van der Waals surface area contributed by atoms with Crippen molar-refractivity contribution in [3.63, 3.8) is 0 Å². The van der Waals surface area contributed by atoms with Gasteiger partial charge in [-0.05, 0) is 18.2 Å². The molecule has 3 rings (SSSR count). The Morgan fingerprint density at radius 3 is 2.65 bits per heavy atom. The van der Waals surface area contributed by atoms with Crippen molar-refractivity contribution in [3.8, 4) is 0 Å². The molecule has 2 aromatic carbocycles. The van der Waals surface area contributed by atoms with Gasteiger partial charge in [0, 0.05) is 23.1 Å². The topological polar surface area (TPSA) is 67.8 Å². The van der Waals surface area contributed by atoms with Crippen molar-refractivity contribution in [1.29, 1.82) is 0 Å². The first-order chi connectivity index (χ1) is 11.0. The summed E-state index contributed by atoms with van der Waals surface area (Å²) in [5.74, 6) is -1.08. The van der Waals surface area contributed by atoms with E-state index in [1.54, 1.807) is 18.2 Å². The molecule has 1 aliphatic heterocycles. The smallest absolute Gasteiger partial charge is 0.305 e. The van der Waals surface area contributed by atoms with Gasteiger partial charge >= 0.3 is 5.97 Å². The van der Waals surface area contributed by atoms with Crippen LogP contribution in [0.5, 0.6) is 0 Å². The molecule has 116 valence electrons. The minimum absolute atomic E-state index is 0.505. The van der Waals surface area contributed by atoms with E-state index in [-0.39, 0.29) is 0 Å². The third-order valence-electron chi connectivity index (χ3n) is 3.29. The first-order valence-electron chi connectivity index (χ1n) is 6.96. The van der Waals surface area contributed by atoms with Crippen molar-refractivity contribution in [2.24, 2.45) is 4.99 Å². The Balaban J connectivity index is 2.18. The van der Waals surface area contributed by atoms with Crippen LogP contribution in [0.25, 0.3) is 0 Å². The molecule has 0 aliphatic carbocycles. The Hall–Kier alpha value is -2.66. The average molecular weight is 329 g/mol. The molecule has 0 aromatic heterocycles. The number of halogens is 1. The summed E-state index contributed by atoms with van der Waals surface area (Å²) in [6.45, 7) is 1.24. The monoisotopic (exact) mass is 328 g/mol. The normalized spacial score (nSPS) is 16.7. The molecule has 1 heterocycles. The molecule has 0 spiro atoms. The molecule has 0 bridgehead atoms. The summed E-state index contributed by atoms with van der Waals surface area (Å²) in [7, 11) is 0. The average Bonchev–Trinajstić information content (AvgIpc) is 2.65. The predicted octanol–water partition coefficient (Wildman–Crippen LogP) is 3.02. The fraction of sp³-hybridized carbons (Fsp3) is 0.118. The van der Waals surface area contributed by atoms with Crippen molar-refractivity contribution in [3.05, 3.63) is 64.7 Å². The van der Waals surface area contributed by atoms with Gasteiger partial charge in [0.25, 0.3) is 12.1 Å². The lowest BCUT2D eigenvalue weighted by atomic mass is 10.0. The van der Waals surface area contributed by atoms with Crippen LogP contribution in [0.3, 0.4) is 0 Å². The molecule has 6 heteroatoms. The first-order valence-corrected chi connectivity index (χ1v) is 7.33. The Labute approximate surface area is 137 Å². The number of nitrogens with one attached hydrogen (secondary N) is 1. The van der Waals surface area contributed by atoms with Gasteiger partial charge in [-0.15, -0.1) is 0 Å². The van der Waals surface area contributed by atoms with E-state index in [0.29, 0.717) is 22.0 Å². The summed E-state index contributed by atoms with van der Waals surface area (Å²) in [5.41, 5.74) is 2.57. The van der Waals surface area contributed by atoms with Gasteiger partial charge in [-0.1, -0.05) is 41.9 Å². The van der Waals surface area contributed by atoms with Crippen LogP contribution in [-0.4, -0.2) is 23.8 Å². The molecule has 1 N–H and O–H groups in total. The quantitative estimate of drug-likeness (QED) is 0.862. The second-order valence-electron chi connectivity index (χ2n) is 4.98. The standard InChI is InChI=1S/C17H13ClN2O3/c1-10(21)23-17-16(22)19-14-8-7-12(18)9-13(14)15(20-17)11-5-3-2-4-6-11/h2-9,17H,1H3,(H,19,22)/t17-/m0/s1. The number of amides is 1. The molecule has 5 nitrogen and oxygen atoms in total. The van der Waals surface area contributed by atoms with E-state index in [1.165, 1.54) is 6.92 Å². The lowest BCUT2D eigenvalue weighted by Crippen LogP contribution is -2.29. The Bertz CT molecular complexity index is 803. The minimum Gasteiger partial charge on any atom is -0.430 e. The van der Waals surface area contributed by atoms with E-state index in [1.807, 2.05) is 30.3 Å². The summed E-state index contributed by atoms with van der Waals surface area (Å²) in [4.78, 5) is 27.8. The predicted molar refractivity (Wildman–Crippen MR) is 87.7 cm³/mol. The molecule has 0 saturated carbocycles. The minimum atomic E-state index is -1.24. The highest BCUT2D eigenvalue weighted by molar-refractivity contribution is 6.32. The van der Waals surface area contributed by atoms with Gasteiger partial charge in [0.1, 0.15) is 0 Å². The number of esters is 1. The number of fused-ring (bicyclic) bond motifs is 1. The van der Waals surface area contributed by atoms with Crippen molar-refractivity contribution >= 4 is 34.9 Å². The number of benzene rings is 2. The molecule has 0 unspecified atom stereocenters. The third kappa shape index (κ3) is 3.24. The van der Waals surface area contributed by atoms with Gasteiger partial charge in [0.15, 0.2) is 0 Å². The molecule has 1 aliphatic rings. The number of benzodiazepines with no additional fused rings is 1. The van der Waals surface area contributed by atoms with Gasteiger partial charge < -0.3 is 10.1 Å². The summed E-state index contributed by atoms with van der Waals surface area (Å²) in [6.07, 6.45) is -1.24. The van der Waals surface area contributed by atoms with Crippen molar-refractivity contribution in [2.45, 2.75) is 13.2 Å². The van der Waals surface area contributed by atoms with E-state index in [2.05, 4.69) is 10.3 Å². The van der Waals surface area contributed by atoms with Crippen molar-refractivity contribution in [1.82, 2.24) is 0 Å². The summed E-state index contributed by atoms with van der Waals surface area (Å²) in [6, 6.07) is 14.4. The number of carbonyl (C=O) groups is 2. The molecule has 1 atom stereocenters. The second kappa shape index (κ2) is 6.22. The SMILES string of the molecule is CC(=O)O[C@@H]1N=C(c2ccccc2)c2cc(Cl)ccc2NC1=O. The van der Waals surface area contributed by atoms with Gasteiger partial charge in [0.2, 0.25) is 0 Å². The number of nitrogens with zero attached hydrogens (tertiary/aromatic N) is 1. The fourth-order valence-corrected chi connectivity index (χ4v) is 2.50. The van der Waals surface area contributed by atoms with Crippen molar-refractivity contribution in [2.75, 3.05) is 5.32 Å². The maximum atomic E-state index is 12.2. The van der Waals surface area contributed by atoms with Crippen LogP contribution in [0.2, 0.25) is 5.02 Å². The lowest BCUT2D eigenvalue weighted by molar-refractivity contribution is -0.151. The Kier molecular flexibility index (Phi) is 4.12. The van der Waals surface area contributed by atoms with E-state index in [0.717, 1.165) is 5.56 Å². The molecule has 0 fully saturated rings. The molecule has 1 amide bonds. The Morgan fingerprint density at radius 1 is 1.22 bits per heavy atom. The fourth-order valence-electron chi connectivity index (χ4n) is 2.32. The first kappa shape index (κ1) is 15.2. The number of hydrogen-bond donors (Lipinski definition) is 1. The molecule has 0 radical (unpaired) electrons. The zero-order valence-corrected chi connectivity index (χ0v) is 13.0. The third-order valence-corrected chi connectivity index (χ3v) is 3.53. The summed E-state index contributed by atoms with van der Waals surface area (Å²) >= 11 is 6.09. The number of anilines is 1. The number of rotatable bonds is 2. The van der Waals surface area contributed by atoms with Crippen LogP contribution in [0.15, 0.2) is 53.5 Å². The number of aliphatic imine (C=N–C) groups is 1. The van der Waals surface area contributed by atoms with Crippen molar-refractivity contribution < 1.29 is 14.3 Å². The summed E-state index contributed by atoms with van der Waals surface area (Å²) in [5, 5.41) is 3.24. The maximum absolute atomic E-state index is 12.2. The largest absolute Gasteiger partial charge is 0.430 e. The van der Waals surface area contributed by atoms with Crippen LogP contribution in [0.1, 0.15) is 18.1 Å². The molecule has 0 saturated heterocycles. The van der Waals surface area contributed by atoms with Gasteiger partial charge in [-0.2, -0.15) is 0 Å². The number of carbonyl (C=O) groups excluding carboxylic acids is 2. The van der Waals surface area contributed by atoms with Crippen LogP contribution in [-0.2, 0) is 14.3 Å². The van der Waals surface area contributed by atoms with Gasteiger partial charge in [-0.25, -0.2) is 4.99 Å². The maximum Gasteiger partial charge on any atom is 0.305 e. The lowest BCUT2D eigenvalue weighted by Gasteiger charge is -2.10. The van der Waals surface area contributed by atoms with Gasteiger partial charge in [-0.3, -0.25) is 9.59 Å². The Morgan fingerprint density at radius 2 is 1.96 bits per heavy atom.